The summed E-state index contributed by atoms with van der Waals surface area (Å²) in [4.78, 5) is 7.97. The van der Waals surface area contributed by atoms with Gasteiger partial charge in [0.25, 0.3) is 0 Å². The summed E-state index contributed by atoms with van der Waals surface area (Å²) in [7, 11) is 1.67. The maximum absolute atomic E-state index is 5.17. The molecule has 2 rings (SSSR count). The lowest BCUT2D eigenvalue weighted by Gasteiger charge is -2.01. The molecular weight excluding hydrogens is 238 g/mol. The Morgan fingerprint density at radius 2 is 2.00 bits per heavy atom. The number of ether oxygens (including phenoxy) is 1. The summed E-state index contributed by atoms with van der Waals surface area (Å²) >= 11 is 0. The number of aromatic nitrogens is 2. The number of nitrogens with zero attached hydrogens (tertiary/aromatic N) is 1. The minimum Gasteiger partial charge on any atom is -0.497 e. The third-order valence-electron chi connectivity index (χ3n) is 3.02. The molecule has 102 valence electrons. The molecule has 0 bridgehead atoms. The number of H-pyrrole nitrogens is 1. The highest BCUT2D eigenvalue weighted by Gasteiger charge is 2.08. The van der Waals surface area contributed by atoms with Gasteiger partial charge in [0.1, 0.15) is 11.6 Å². The smallest absolute Gasteiger partial charge is 0.121 e. The van der Waals surface area contributed by atoms with Crippen molar-refractivity contribution < 1.29 is 4.74 Å². The summed E-state index contributed by atoms with van der Waals surface area (Å²) in [6.07, 6.45) is 1.13. The molecule has 0 fully saturated rings. The van der Waals surface area contributed by atoms with E-state index in [1.807, 2.05) is 24.3 Å². The Balaban J connectivity index is 2.14. The van der Waals surface area contributed by atoms with Crippen LogP contribution in [0.3, 0.4) is 0 Å². The number of nitrogens with one attached hydrogen (secondary N) is 2. The zero-order valence-corrected chi connectivity index (χ0v) is 11.8. The average Bonchev–Trinajstić information content (AvgIpc) is 2.80. The lowest BCUT2D eigenvalue weighted by atomic mass is 10.1. The van der Waals surface area contributed by atoms with Gasteiger partial charge in [-0.2, -0.15) is 0 Å². The summed E-state index contributed by atoms with van der Waals surface area (Å²) in [6.45, 7) is 6.00. The highest BCUT2D eigenvalue weighted by molar-refractivity contribution is 5.62. The van der Waals surface area contributed by atoms with Crippen LogP contribution in [0, 0.1) is 6.92 Å². The molecule has 0 aliphatic rings. The Morgan fingerprint density at radius 3 is 2.63 bits per heavy atom. The van der Waals surface area contributed by atoms with Crippen LogP contribution in [-0.2, 0) is 6.54 Å². The van der Waals surface area contributed by atoms with Crippen molar-refractivity contribution in [3.63, 3.8) is 0 Å². The van der Waals surface area contributed by atoms with Crippen LogP contribution >= 0.6 is 0 Å². The molecule has 4 nitrogen and oxygen atoms in total. The van der Waals surface area contributed by atoms with E-state index in [1.54, 1.807) is 7.11 Å². The zero-order chi connectivity index (χ0) is 13.7. The third kappa shape index (κ3) is 3.35. The fourth-order valence-electron chi connectivity index (χ4n) is 2.02. The van der Waals surface area contributed by atoms with Crippen LogP contribution < -0.4 is 10.1 Å². The first-order valence-corrected chi connectivity index (χ1v) is 6.65. The quantitative estimate of drug-likeness (QED) is 0.784. The molecule has 19 heavy (non-hydrogen) atoms. The van der Waals surface area contributed by atoms with Gasteiger partial charge in [0.15, 0.2) is 0 Å². The number of aryl methyl sites for hydroxylation is 1. The molecule has 0 saturated carbocycles. The molecule has 1 aromatic heterocycles. The van der Waals surface area contributed by atoms with Gasteiger partial charge < -0.3 is 15.0 Å². The van der Waals surface area contributed by atoms with E-state index in [0.717, 1.165) is 48.0 Å². The Labute approximate surface area is 114 Å². The van der Waals surface area contributed by atoms with Gasteiger partial charge >= 0.3 is 0 Å². The molecule has 2 N–H and O–H groups in total. The second-order valence-electron chi connectivity index (χ2n) is 4.56. The summed E-state index contributed by atoms with van der Waals surface area (Å²) in [5, 5.41) is 3.35. The van der Waals surface area contributed by atoms with Gasteiger partial charge in [-0.3, -0.25) is 0 Å². The van der Waals surface area contributed by atoms with Crippen molar-refractivity contribution in [1.82, 2.24) is 15.3 Å². The predicted octanol–water partition coefficient (Wildman–Crippen LogP) is 2.89. The second-order valence-corrected chi connectivity index (χ2v) is 4.56. The van der Waals surface area contributed by atoms with Crippen molar-refractivity contribution in [2.45, 2.75) is 26.8 Å². The Morgan fingerprint density at radius 1 is 1.26 bits per heavy atom. The highest BCUT2D eigenvalue weighted by Crippen LogP contribution is 2.23. The van der Waals surface area contributed by atoms with Crippen molar-refractivity contribution in [3.8, 4) is 17.0 Å². The van der Waals surface area contributed by atoms with E-state index in [2.05, 4.69) is 29.1 Å². The van der Waals surface area contributed by atoms with E-state index in [0.29, 0.717) is 0 Å². The lowest BCUT2D eigenvalue weighted by Crippen LogP contribution is -2.14. The first-order chi connectivity index (χ1) is 9.24. The van der Waals surface area contributed by atoms with Gasteiger partial charge in [-0.15, -0.1) is 0 Å². The van der Waals surface area contributed by atoms with E-state index in [1.165, 1.54) is 0 Å². The minimum absolute atomic E-state index is 0.783. The summed E-state index contributed by atoms with van der Waals surface area (Å²) in [6, 6.07) is 7.98. The van der Waals surface area contributed by atoms with Crippen molar-refractivity contribution in [1.29, 1.82) is 0 Å². The fourth-order valence-corrected chi connectivity index (χ4v) is 2.02. The molecular formula is C15H21N3O. The maximum Gasteiger partial charge on any atom is 0.121 e. The van der Waals surface area contributed by atoms with Crippen LogP contribution in [0.1, 0.15) is 24.9 Å². The Bertz CT molecular complexity index is 517. The molecule has 0 amide bonds. The van der Waals surface area contributed by atoms with Crippen LogP contribution in [0.15, 0.2) is 24.3 Å². The van der Waals surface area contributed by atoms with Crippen LogP contribution in [-0.4, -0.2) is 23.6 Å². The first kappa shape index (κ1) is 13.6. The SMILES string of the molecule is CCCNCc1nc(-c2ccc(OC)cc2)c(C)[nH]1. The largest absolute Gasteiger partial charge is 0.497 e. The summed E-state index contributed by atoms with van der Waals surface area (Å²) in [5.41, 5.74) is 3.21. The maximum atomic E-state index is 5.17. The summed E-state index contributed by atoms with van der Waals surface area (Å²) < 4.78 is 5.17. The Hall–Kier alpha value is -1.81. The van der Waals surface area contributed by atoms with Gasteiger partial charge in [0.2, 0.25) is 0 Å². The number of aromatic amines is 1. The number of rotatable bonds is 6. The molecule has 0 spiro atoms. The summed E-state index contributed by atoms with van der Waals surface area (Å²) in [5.74, 6) is 1.85. The monoisotopic (exact) mass is 259 g/mol. The molecule has 0 aliphatic carbocycles. The predicted molar refractivity (Wildman–Crippen MR) is 77.3 cm³/mol. The second kappa shape index (κ2) is 6.38. The molecule has 1 heterocycles. The molecule has 1 aromatic carbocycles. The molecule has 0 aliphatic heterocycles. The number of benzene rings is 1. The van der Waals surface area contributed by atoms with Crippen molar-refractivity contribution in [2.24, 2.45) is 0 Å². The van der Waals surface area contributed by atoms with Crippen molar-refractivity contribution >= 4 is 0 Å². The van der Waals surface area contributed by atoms with Crippen LogP contribution in [0.2, 0.25) is 0 Å². The molecule has 0 saturated heterocycles. The van der Waals surface area contributed by atoms with E-state index in [4.69, 9.17) is 4.74 Å². The molecule has 2 aromatic rings. The topological polar surface area (TPSA) is 49.9 Å². The van der Waals surface area contributed by atoms with Crippen LogP contribution in [0.4, 0.5) is 0 Å². The van der Waals surface area contributed by atoms with E-state index < -0.39 is 0 Å². The van der Waals surface area contributed by atoms with Crippen LogP contribution in [0.25, 0.3) is 11.3 Å². The normalized spacial score (nSPS) is 10.7. The molecule has 0 radical (unpaired) electrons. The van der Waals surface area contributed by atoms with Crippen molar-refractivity contribution in [2.75, 3.05) is 13.7 Å². The molecule has 4 heteroatoms. The minimum atomic E-state index is 0.783. The number of imidazole rings is 1. The number of hydrogen-bond acceptors (Lipinski definition) is 3. The van der Waals surface area contributed by atoms with Gasteiger partial charge in [0, 0.05) is 11.3 Å². The van der Waals surface area contributed by atoms with E-state index in [9.17, 15) is 0 Å². The van der Waals surface area contributed by atoms with E-state index in [-0.39, 0.29) is 0 Å². The Kier molecular flexibility index (Phi) is 4.58. The standard InChI is InChI=1S/C15H21N3O/c1-4-9-16-10-14-17-11(2)15(18-14)12-5-7-13(19-3)8-6-12/h5-8,16H,4,9-10H2,1-3H3,(H,17,18). The van der Waals surface area contributed by atoms with Crippen LogP contribution in [0.5, 0.6) is 5.75 Å². The number of methoxy groups -OCH3 is 1. The fraction of sp³-hybridized carbons (Fsp3) is 0.400. The zero-order valence-electron chi connectivity index (χ0n) is 11.8. The van der Waals surface area contributed by atoms with Gasteiger partial charge in [-0.1, -0.05) is 6.92 Å². The lowest BCUT2D eigenvalue weighted by molar-refractivity contribution is 0.415. The molecule has 0 atom stereocenters. The average molecular weight is 259 g/mol. The van der Waals surface area contributed by atoms with Gasteiger partial charge in [-0.25, -0.2) is 4.98 Å². The van der Waals surface area contributed by atoms with Gasteiger partial charge in [0.05, 0.1) is 19.3 Å². The third-order valence-corrected chi connectivity index (χ3v) is 3.02. The first-order valence-electron chi connectivity index (χ1n) is 6.65. The number of hydrogen-bond donors (Lipinski definition) is 2. The van der Waals surface area contributed by atoms with E-state index >= 15 is 0 Å². The van der Waals surface area contributed by atoms with Gasteiger partial charge in [-0.05, 0) is 44.2 Å². The van der Waals surface area contributed by atoms with Crippen molar-refractivity contribution in [3.05, 3.63) is 35.8 Å². The molecule has 0 unspecified atom stereocenters. The highest BCUT2D eigenvalue weighted by atomic mass is 16.5.